The molecule has 1 saturated heterocycles. The molecule has 2 heterocycles. The fourth-order valence-electron chi connectivity index (χ4n) is 4.05. The molecule has 1 aliphatic heterocycles. The van der Waals surface area contributed by atoms with Gasteiger partial charge in [0.1, 0.15) is 5.75 Å². The Hall–Kier alpha value is -2.68. The summed E-state index contributed by atoms with van der Waals surface area (Å²) in [6.07, 6.45) is 0. The van der Waals surface area contributed by atoms with Gasteiger partial charge in [-0.2, -0.15) is 0 Å². The summed E-state index contributed by atoms with van der Waals surface area (Å²) < 4.78 is 12.6. The van der Waals surface area contributed by atoms with Crippen LogP contribution in [0.3, 0.4) is 0 Å². The number of aromatic nitrogens is 4. The molecule has 0 amide bonds. The van der Waals surface area contributed by atoms with Crippen molar-refractivity contribution in [1.82, 2.24) is 25.1 Å². The summed E-state index contributed by atoms with van der Waals surface area (Å²) in [6, 6.07) is 15.9. The molecule has 164 valence electrons. The van der Waals surface area contributed by atoms with Crippen LogP contribution in [0.2, 0.25) is 5.02 Å². The number of anilines is 1. The van der Waals surface area contributed by atoms with Gasteiger partial charge >= 0.3 is 0 Å². The predicted octanol–water partition coefficient (Wildman–Crippen LogP) is 2.89. The number of benzene rings is 2. The molecule has 0 spiro atoms. The first-order chi connectivity index (χ1) is 15.2. The third-order valence-electron chi connectivity index (χ3n) is 5.62. The lowest BCUT2D eigenvalue weighted by Gasteiger charge is -2.40. The second-order valence-corrected chi connectivity index (χ2v) is 7.78. The van der Waals surface area contributed by atoms with E-state index >= 15 is 0 Å². The van der Waals surface area contributed by atoms with E-state index < -0.39 is 0 Å². The van der Waals surface area contributed by atoms with E-state index in [1.165, 1.54) is 0 Å². The first-order valence-electron chi connectivity index (χ1n) is 10.3. The number of rotatable bonds is 8. The zero-order valence-corrected chi connectivity index (χ0v) is 18.6. The van der Waals surface area contributed by atoms with Gasteiger partial charge in [-0.05, 0) is 34.2 Å². The molecule has 1 fully saturated rings. The topological polar surface area (TPSA) is 68.5 Å². The molecule has 3 aromatic rings. The van der Waals surface area contributed by atoms with Crippen molar-refractivity contribution in [2.45, 2.75) is 12.6 Å². The highest BCUT2D eigenvalue weighted by Crippen LogP contribution is 2.34. The van der Waals surface area contributed by atoms with Crippen molar-refractivity contribution in [3.8, 4) is 5.75 Å². The third-order valence-corrected chi connectivity index (χ3v) is 5.96. The van der Waals surface area contributed by atoms with Crippen molar-refractivity contribution < 1.29 is 9.47 Å². The van der Waals surface area contributed by atoms with Crippen LogP contribution in [0.5, 0.6) is 5.75 Å². The van der Waals surface area contributed by atoms with Crippen molar-refractivity contribution in [1.29, 1.82) is 0 Å². The van der Waals surface area contributed by atoms with Gasteiger partial charge in [0.05, 0.1) is 32.0 Å². The number of methoxy groups -OCH3 is 2. The maximum absolute atomic E-state index is 6.62. The molecule has 0 radical (unpaired) electrons. The van der Waals surface area contributed by atoms with E-state index in [0.29, 0.717) is 18.2 Å². The summed E-state index contributed by atoms with van der Waals surface area (Å²) in [7, 11) is 3.38. The van der Waals surface area contributed by atoms with E-state index in [0.717, 1.165) is 49.0 Å². The minimum absolute atomic E-state index is 0.139. The summed E-state index contributed by atoms with van der Waals surface area (Å²) in [5, 5.41) is 13.2. The molecule has 2 aromatic carbocycles. The van der Waals surface area contributed by atoms with Crippen LogP contribution in [0.25, 0.3) is 0 Å². The van der Waals surface area contributed by atoms with Gasteiger partial charge in [-0.1, -0.05) is 41.9 Å². The molecule has 0 bridgehead atoms. The maximum atomic E-state index is 6.62. The molecule has 1 aromatic heterocycles. The Kier molecular flexibility index (Phi) is 7.01. The Labute approximate surface area is 187 Å². The molecule has 0 saturated carbocycles. The summed E-state index contributed by atoms with van der Waals surface area (Å²) >= 11 is 6.62. The summed E-state index contributed by atoms with van der Waals surface area (Å²) in [5.41, 5.74) is 2.12. The standard InChI is InChI=1S/C22H27ClN6O2/c1-30-16-15-29-22(24-25-26-29)21(17-7-3-4-8-18(17)23)28-13-11-27(12-14-28)19-9-5-6-10-20(19)31-2/h3-10,21H,11-16H2,1-2H3/t21-/m1/s1. The van der Waals surface area contributed by atoms with Crippen LogP contribution in [0, 0.1) is 0 Å². The zero-order chi connectivity index (χ0) is 21.6. The number of nitrogens with zero attached hydrogens (tertiary/aromatic N) is 6. The van der Waals surface area contributed by atoms with E-state index in [1.807, 2.05) is 41.1 Å². The van der Waals surface area contributed by atoms with Crippen LogP contribution in [-0.2, 0) is 11.3 Å². The maximum Gasteiger partial charge on any atom is 0.173 e. The van der Waals surface area contributed by atoms with Gasteiger partial charge in [-0.25, -0.2) is 4.68 Å². The largest absolute Gasteiger partial charge is 0.495 e. The van der Waals surface area contributed by atoms with E-state index in [4.69, 9.17) is 21.1 Å². The first-order valence-corrected chi connectivity index (χ1v) is 10.7. The molecule has 0 unspecified atom stereocenters. The first kappa shape index (κ1) is 21.5. The predicted molar refractivity (Wildman–Crippen MR) is 120 cm³/mol. The number of hydrogen-bond acceptors (Lipinski definition) is 7. The van der Waals surface area contributed by atoms with Crippen molar-refractivity contribution in [3.63, 3.8) is 0 Å². The molecule has 31 heavy (non-hydrogen) atoms. The van der Waals surface area contributed by atoms with Gasteiger partial charge in [0.2, 0.25) is 0 Å². The van der Waals surface area contributed by atoms with Gasteiger partial charge < -0.3 is 14.4 Å². The lowest BCUT2D eigenvalue weighted by molar-refractivity contribution is 0.171. The van der Waals surface area contributed by atoms with Crippen LogP contribution in [0.1, 0.15) is 17.4 Å². The fraction of sp³-hybridized carbons (Fsp3) is 0.409. The average Bonchev–Trinajstić information content (AvgIpc) is 3.27. The lowest BCUT2D eigenvalue weighted by Crippen LogP contribution is -2.48. The summed E-state index contributed by atoms with van der Waals surface area (Å²) in [5.74, 6) is 1.66. The molecular formula is C22H27ClN6O2. The minimum atomic E-state index is -0.139. The van der Waals surface area contributed by atoms with Crippen molar-refractivity contribution >= 4 is 17.3 Å². The molecule has 0 N–H and O–H groups in total. The molecule has 9 heteroatoms. The summed E-state index contributed by atoms with van der Waals surface area (Å²) in [4.78, 5) is 4.75. The Morgan fingerprint density at radius 1 is 1.00 bits per heavy atom. The van der Waals surface area contributed by atoms with Crippen LogP contribution in [0.4, 0.5) is 5.69 Å². The molecule has 4 rings (SSSR count). The highest BCUT2D eigenvalue weighted by atomic mass is 35.5. The van der Waals surface area contributed by atoms with Crippen LogP contribution >= 0.6 is 11.6 Å². The van der Waals surface area contributed by atoms with Gasteiger partial charge in [-0.3, -0.25) is 4.90 Å². The number of tetrazole rings is 1. The Bertz CT molecular complexity index is 989. The monoisotopic (exact) mass is 442 g/mol. The van der Waals surface area contributed by atoms with Crippen molar-refractivity contribution in [2.24, 2.45) is 0 Å². The second kappa shape index (κ2) is 10.1. The number of ether oxygens (including phenoxy) is 2. The molecule has 0 aliphatic carbocycles. The molecule has 8 nitrogen and oxygen atoms in total. The molecule has 1 aliphatic rings. The third kappa shape index (κ3) is 4.66. The quantitative estimate of drug-likeness (QED) is 0.531. The van der Waals surface area contributed by atoms with Gasteiger partial charge in [-0.15, -0.1) is 5.10 Å². The molecular weight excluding hydrogens is 416 g/mol. The number of para-hydroxylation sites is 2. The van der Waals surface area contributed by atoms with Gasteiger partial charge in [0, 0.05) is 38.3 Å². The van der Waals surface area contributed by atoms with E-state index in [1.54, 1.807) is 14.2 Å². The van der Waals surface area contributed by atoms with E-state index in [-0.39, 0.29) is 6.04 Å². The number of hydrogen-bond donors (Lipinski definition) is 0. The highest BCUT2D eigenvalue weighted by molar-refractivity contribution is 6.31. The Balaban J connectivity index is 1.60. The Morgan fingerprint density at radius 3 is 2.48 bits per heavy atom. The van der Waals surface area contributed by atoms with E-state index in [9.17, 15) is 0 Å². The van der Waals surface area contributed by atoms with Gasteiger partial charge in [0.15, 0.2) is 5.82 Å². The normalized spacial score (nSPS) is 15.8. The van der Waals surface area contributed by atoms with E-state index in [2.05, 4.69) is 37.5 Å². The fourth-order valence-corrected chi connectivity index (χ4v) is 4.29. The van der Waals surface area contributed by atoms with Crippen LogP contribution < -0.4 is 9.64 Å². The smallest absolute Gasteiger partial charge is 0.173 e. The number of piperazine rings is 1. The van der Waals surface area contributed by atoms with Gasteiger partial charge in [0.25, 0.3) is 0 Å². The van der Waals surface area contributed by atoms with Crippen molar-refractivity contribution in [3.05, 3.63) is 64.9 Å². The SMILES string of the molecule is COCCn1nnnc1[C@@H](c1ccccc1Cl)N1CCN(c2ccccc2OC)CC1. The van der Waals surface area contributed by atoms with Crippen LogP contribution in [0.15, 0.2) is 48.5 Å². The number of halogens is 1. The summed E-state index contributed by atoms with van der Waals surface area (Å²) in [6.45, 7) is 4.52. The highest BCUT2D eigenvalue weighted by Gasteiger charge is 2.32. The lowest BCUT2D eigenvalue weighted by atomic mass is 10.0. The van der Waals surface area contributed by atoms with Crippen LogP contribution in [-0.4, -0.2) is 72.1 Å². The Morgan fingerprint density at radius 2 is 1.74 bits per heavy atom. The minimum Gasteiger partial charge on any atom is -0.495 e. The molecule has 1 atom stereocenters. The average molecular weight is 443 g/mol. The second-order valence-electron chi connectivity index (χ2n) is 7.37. The van der Waals surface area contributed by atoms with Crippen molar-refractivity contribution in [2.75, 3.05) is 51.9 Å². The zero-order valence-electron chi connectivity index (χ0n) is 17.8.